The quantitative estimate of drug-likeness (QED) is 0.754. The summed E-state index contributed by atoms with van der Waals surface area (Å²) in [6, 6.07) is 0. The van der Waals surface area contributed by atoms with Crippen LogP contribution in [-0.2, 0) is 9.53 Å². The van der Waals surface area contributed by atoms with E-state index in [1.165, 1.54) is 0 Å². The molecule has 0 radical (unpaired) electrons. The fraction of sp³-hybridized carbons (Fsp3) is 0.900. The molecular formula is C10H17F3N2O2. The third kappa shape index (κ3) is 6.48. The van der Waals surface area contributed by atoms with E-state index in [2.05, 4.69) is 10.1 Å². The van der Waals surface area contributed by atoms with Gasteiger partial charge in [-0.2, -0.15) is 13.2 Å². The summed E-state index contributed by atoms with van der Waals surface area (Å²) in [6.07, 6.45) is -3.44. The Morgan fingerprint density at radius 1 is 1.29 bits per heavy atom. The minimum absolute atomic E-state index is 0.0100. The van der Waals surface area contributed by atoms with Crippen LogP contribution in [0.25, 0.3) is 0 Å². The van der Waals surface area contributed by atoms with Gasteiger partial charge < -0.3 is 15.0 Å². The van der Waals surface area contributed by atoms with Gasteiger partial charge >= 0.3 is 6.18 Å². The molecule has 100 valence electrons. The second-order valence-electron chi connectivity index (χ2n) is 3.90. The maximum absolute atomic E-state index is 11.8. The zero-order valence-electron chi connectivity index (χ0n) is 9.55. The van der Waals surface area contributed by atoms with Gasteiger partial charge in [-0.05, 0) is 13.0 Å². The summed E-state index contributed by atoms with van der Waals surface area (Å²) in [5.74, 6) is -0.143. The number of carbonyl (C=O) groups is 1. The number of hydrogen-bond donors (Lipinski definition) is 1. The van der Waals surface area contributed by atoms with Crippen LogP contribution in [0.1, 0.15) is 12.8 Å². The van der Waals surface area contributed by atoms with Gasteiger partial charge in [-0.3, -0.25) is 4.79 Å². The first kappa shape index (κ1) is 14.2. The van der Waals surface area contributed by atoms with Crippen molar-refractivity contribution in [2.75, 3.05) is 39.4 Å². The average molecular weight is 254 g/mol. The molecule has 0 aromatic carbocycles. The van der Waals surface area contributed by atoms with E-state index < -0.39 is 12.8 Å². The summed E-state index contributed by atoms with van der Waals surface area (Å²) in [5, 5.41) is 3.15. The molecule has 0 aliphatic carbocycles. The van der Waals surface area contributed by atoms with E-state index in [1.54, 1.807) is 4.90 Å². The summed E-state index contributed by atoms with van der Waals surface area (Å²) in [6.45, 7) is 1.40. The van der Waals surface area contributed by atoms with Crippen LogP contribution in [0.4, 0.5) is 13.2 Å². The van der Waals surface area contributed by atoms with Crippen molar-refractivity contribution in [1.82, 2.24) is 10.2 Å². The first-order valence-corrected chi connectivity index (χ1v) is 5.62. The number of alkyl halides is 3. The molecule has 1 aliphatic rings. The van der Waals surface area contributed by atoms with E-state index >= 15 is 0 Å². The van der Waals surface area contributed by atoms with Crippen molar-refractivity contribution in [1.29, 1.82) is 0 Å². The van der Waals surface area contributed by atoms with Crippen molar-refractivity contribution in [2.24, 2.45) is 0 Å². The smallest absolute Gasteiger partial charge is 0.372 e. The second kappa shape index (κ2) is 6.80. The highest BCUT2D eigenvalue weighted by Gasteiger charge is 2.27. The summed E-state index contributed by atoms with van der Waals surface area (Å²) >= 11 is 0. The molecule has 0 spiro atoms. The minimum Gasteiger partial charge on any atom is -0.372 e. The number of nitrogens with zero attached hydrogens (tertiary/aromatic N) is 1. The van der Waals surface area contributed by atoms with Crippen molar-refractivity contribution in [3.8, 4) is 0 Å². The SMILES string of the molecule is O=C(CCOCC(F)(F)F)N1CCCNCC1. The van der Waals surface area contributed by atoms with Gasteiger partial charge in [-0.1, -0.05) is 0 Å². The minimum atomic E-state index is -4.32. The summed E-state index contributed by atoms with van der Waals surface area (Å²) in [5.41, 5.74) is 0. The molecule has 1 fully saturated rings. The predicted molar refractivity (Wildman–Crippen MR) is 55.6 cm³/mol. The van der Waals surface area contributed by atoms with Gasteiger partial charge in [0.2, 0.25) is 5.91 Å². The van der Waals surface area contributed by atoms with Crippen molar-refractivity contribution < 1.29 is 22.7 Å². The van der Waals surface area contributed by atoms with Crippen LogP contribution < -0.4 is 5.32 Å². The Morgan fingerprint density at radius 3 is 2.76 bits per heavy atom. The van der Waals surface area contributed by atoms with Crippen LogP contribution in [0.2, 0.25) is 0 Å². The maximum atomic E-state index is 11.8. The normalized spacial score (nSPS) is 17.9. The van der Waals surface area contributed by atoms with E-state index in [9.17, 15) is 18.0 Å². The van der Waals surface area contributed by atoms with Crippen LogP contribution in [0.5, 0.6) is 0 Å². The Morgan fingerprint density at radius 2 is 2.06 bits per heavy atom. The van der Waals surface area contributed by atoms with Crippen LogP contribution in [-0.4, -0.2) is 56.4 Å². The number of hydrogen-bond acceptors (Lipinski definition) is 3. The predicted octanol–water partition coefficient (Wildman–Crippen LogP) is 0.777. The lowest BCUT2D eigenvalue weighted by Gasteiger charge is -2.19. The maximum Gasteiger partial charge on any atom is 0.411 e. The third-order valence-corrected chi connectivity index (χ3v) is 2.42. The fourth-order valence-corrected chi connectivity index (χ4v) is 1.60. The molecule has 1 rings (SSSR count). The largest absolute Gasteiger partial charge is 0.411 e. The monoisotopic (exact) mass is 254 g/mol. The van der Waals surface area contributed by atoms with E-state index in [0.29, 0.717) is 13.1 Å². The second-order valence-corrected chi connectivity index (χ2v) is 3.90. The number of carbonyl (C=O) groups excluding carboxylic acids is 1. The Kier molecular flexibility index (Phi) is 5.70. The van der Waals surface area contributed by atoms with E-state index in [4.69, 9.17) is 0 Å². The lowest BCUT2D eigenvalue weighted by molar-refractivity contribution is -0.175. The number of ether oxygens (including phenoxy) is 1. The van der Waals surface area contributed by atoms with Gasteiger partial charge in [0.15, 0.2) is 0 Å². The number of nitrogens with one attached hydrogen (secondary N) is 1. The Hall–Kier alpha value is -0.820. The van der Waals surface area contributed by atoms with E-state index in [1.807, 2.05) is 0 Å². The molecule has 17 heavy (non-hydrogen) atoms. The highest BCUT2D eigenvalue weighted by molar-refractivity contribution is 5.76. The molecule has 0 aromatic heterocycles. The van der Waals surface area contributed by atoms with Crippen molar-refractivity contribution in [2.45, 2.75) is 19.0 Å². The Labute approximate surface area is 98.1 Å². The van der Waals surface area contributed by atoms with Crippen LogP contribution in [0, 0.1) is 0 Å². The molecule has 4 nitrogen and oxygen atoms in total. The van der Waals surface area contributed by atoms with Gasteiger partial charge in [0, 0.05) is 19.6 Å². The summed E-state index contributed by atoms with van der Waals surface area (Å²) in [7, 11) is 0. The van der Waals surface area contributed by atoms with Gasteiger partial charge in [0.1, 0.15) is 6.61 Å². The molecule has 1 heterocycles. The Bertz CT molecular complexity index is 238. The molecule has 1 N–H and O–H groups in total. The molecule has 0 unspecified atom stereocenters. The highest BCUT2D eigenvalue weighted by atomic mass is 19.4. The molecule has 0 bridgehead atoms. The first-order chi connectivity index (χ1) is 7.99. The standard InChI is InChI=1S/C10H17F3N2O2/c11-10(12,13)8-17-7-2-9(16)15-5-1-3-14-4-6-15/h14H,1-8H2. The zero-order valence-corrected chi connectivity index (χ0v) is 9.55. The highest BCUT2D eigenvalue weighted by Crippen LogP contribution is 2.14. The molecule has 0 atom stereocenters. The topological polar surface area (TPSA) is 41.6 Å². The van der Waals surface area contributed by atoms with Gasteiger partial charge in [-0.15, -0.1) is 0 Å². The number of rotatable bonds is 4. The molecule has 0 saturated carbocycles. The number of amides is 1. The average Bonchev–Trinajstić information content (AvgIpc) is 2.51. The Balaban J connectivity index is 2.15. The summed E-state index contributed by atoms with van der Waals surface area (Å²) in [4.78, 5) is 13.3. The van der Waals surface area contributed by atoms with Gasteiger partial charge in [0.05, 0.1) is 13.0 Å². The molecule has 7 heteroatoms. The molecular weight excluding hydrogens is 237 g/mol. The zero-order chi connectivity index (χ0) is 12.7. The molecule has 1 aliphatic heterocycles. The third-order valence-electron chi connectivity index (χ3n) is 2.42. The van der Waals surface area contributed by atoms with Crippen LogP contribution >= 0.6 is 0 Å². The lowest BCUT2D eigenvalue weighted by Crippen LogP contribution is -2.34. The van der Waals surface area contributed by atoms with Crippen molar-refractivity contribution in [3.63, 3.8) is 0 Å². The van der Waals surface area contributed by atoms with Crippen molar-refractivity contribution >= 4 is 5.91 Å². The molecule has 1 saturated heterocycles. The summed E-state index contributed by atoms with van der Waals surface area (Å²) < 4.78 is 39.7. The van der Waals surface area contributed by atoms with Gasteiger partial charge in [0.25, 0.3) is 0 Å². The van der Waals surface area contributed by atoms with Gasteiger partial charge in [-0.25, -0.2) is 0 Å². The van der Waals surface area contributed by atoms with Crippen LogP contribution in [0.15, 0.2) is 0 Å². The lowest BCUT2D eigenvalue weighted by atomic mass is 10.3. The van der Waals surface area contributed by atoms with E-state index in [-0.39, 0.29) is 18.9 Å². The molecule has 1 amide bonds. The van der Waals surface area contributed by atoms with Crippen molar-refractivity contribution in [3.05, 3.63) is 0 Å². The number of halogens is 3. The fourth-order valence-electron chi connectivity index (χ4n) is 1.60. The van der Waals surface area contributed by atoms with E-state index in [0.717, 1.165) is 19.5 Å². The first-order valence-electron chi connectivity index (χ1n) is 5.62. The van der Waals surface area contributed by atoms with Crippen LogP contribution in [0.3, 0.4) is 0 Å². The molecule has 0 aromatic rings.